The van der Waals surface area contributed by atoms with Gasteiger partial charge in [0.1, 0.15) is 35.3 Å². The van der Waals surface area contributed by atoms with Crippen molar-refractivity contribution >= 4 is 23.2 Å². The Hall–Kier alpha value is -4.94. The first kappa shape index (κ1) is 25.2. The van der Waals surface area contributed by atoms with Gasteiger partial charge in [0, 0.05) is 24.0 Å². The van der Waals surface area contributed by atoms with Crippen LogP contribution in [0.1, 0.15) is 36.8 Å². The van der Waals surface area contributed by atoms with E-state index in [1.165, 1.54) is 48.9 Å². The molecule has 37 heavy (non-hydrogen) atoms. The fourth-order valence-electron chi connectivity index (χ4n) is 3.51. The molecular weight excluding hydrogens is 483 g/mol. The molecule has 1 aromatic carbocycles. The van der Waals surface area contributed by atoms with Crippen molar-refractivity contribution in [3.05, 3.63) is 82.3 Å². The number of carbonyl (C=O) groups is 1. The summed E-state index contributed by atoms with van der Waals surface area (Å²) in [5, 5.41) is 19.3. The molecule has 13 heteroatoms. The van der Waals surface area contributed by atoms with E-state index >= 15 is 0 Å². The molecular formula is C24H23FN8O4. The van der Waals surface area contributed by atoms with Gasteiger partial charge in [-0.1, -0.05) is 0 Å². The Morgan fingerprint density at radius 3 is 2.57 bits per heavy atom. The number of amides is 1. The van der Waals surface area contributed by atoms with Gasteiger partial charge in [0.25, 0.3) is 5.91 Å². The number of carbonyl (C=O) groups excluding carboxylic acids is 1. The minimum Gasteiger partial charge on any atom is -0.480 e. The number of benzene rings is 1. The molecule has 0 saturated carbocycles. The highest BCUT2D eigenvalue weighted by Crippen LogP contribution is 2.38. The predicted octanol–water partition coefficient (Wildman–Crippen LogP) is 3.96. The smallest absolute Gasteiger partial charge is 0.310 e. The van der Waals surface area contributed by atoms with Crippen molar-refractivity contribution in [2.24, 2.45) is 5.73 Å². The van der Waals surface area contributed by atoms with E-state index in [4.69, 9.17) is 10.5 Å². The van der Waals surface area contributed by atoms with Crippen LogP contribution in [-0.2, 0) is 12.1 Å². The summed E-state index contributed by atoms with van der Waals surface area (Å²) in [5.41, 5.74) is 5.84. The van der Waals surface area contributed by atoms with Gasteiger partial charge in [0.15, 0.2) is 5.75 Å². The molecule has 190 valence electrons. The Morgan fingerprint density at radius 2 is 1.97 bits per heavy atom. The van der Waals surface area contributed by atoms with Crippen molar-refractivity contribution in [3.63, 3.8) is 0 Å². The Kier molecular flexibility index (Phi) is 6.78. The molecule has 0 spiro atoms. The topological polar surface area (TPSA) is 164 Å². The minimum absolute atomic E-state index is 0.0561. The molecule has 0 aliphatic heterocycles. The van der Waals surface area contributed by atoms with Gasteiger partial charge in [-0.25, -0.2) is 14.1 Å². The van der Waals surface area contributed by atoms with Crippen LogP contribution < -0.4 is 15.8 Å². The van der Waals surface area contributed by atoms with Crippen LogP contribution in [0.15, 0.2) is 55.1 Å². The molecule has 0 atom stereocenters. The monoisotopic (exact) mass is 506 g/mol. The quantitative estimate of drug-likeness (QED) is 0.266. The Labute approximate surface area is 210 Å². The van der Waals surface area contributed by atoms with Crippen LogP contribution in [0, 0.1) is 15.9 Å². The van der Waals surface area contributed by atoms with Crippen LogP contribution in [0.3, 0.4) is 0 Å². The first-order valence-corrected chi connectivity index (χ1v) is 11.0. The van der Waals surface area contributed by atoms with E-state index in [9.17, 15) is 19.3 Å². The average molecular weight is 506 g/mol. The zero-order valence-electron chi connectivity index (χ0n) is 20.2. The van der Waals surface area contributed by atoms with Gasteiger partial charge in [0.05, 0.1) is 28.5 Å². The van der Waals surface area contributed by atoms with E-state index in [1.807, 2.05) is 20.8 Å². The summed E-state index contributed by atoms with van der Waals surface area (Å²) in [6.07, 6.45) is 5.49. The number of halogens is 1. The van der Waals surface area contributed by atoms with E-state index in [1.54, 1.807) is 4.68 Å². The third-order valence-electron chi connectivity index (χ3n) is 5.17. The molecule has 0 aliphatic carbocycles. The summed E-state index contributed by atoms with van der Waals surface area (Å²) in [4.78, 5) is 35.8. The van der Waals surface area contributed by atoms with E-state index in [2.05, 4.69) is 25.4 Å². The second kappa shape index (κ2) is 9.97. The molecule has 4 rings (SSSR count). The first-order chi connectivity index (χ1) is 17.5. The number of pyridine rings is 1. The molecule has 4 aromatic rings. The fraction of sp³-hybridized carbons (Fsp3) is 0.208. The maximum atomic E-state index is 13.2. The lowest BCUT2D eigenvalue weighted by molar-refractivity contribution is -0.385. The number of nitro groups is 1. The van der Waals surface area contributed by atoms with E-state index < -0.39 is 22.2 Å². The lowest BCUT2D eigenvalue weighted by Gasteiger charge is -2.22. The second-order valence-electron chi connectivity index (χ2n) is 8.93. The lowest BCUT2D eigenvalue weighted by atomic mass is 10.1. The van der Waals surface area contributed by atoms with Crippen LogP contribution in [0.5, 0.6) is 5.75 Å². The summed E-state index contributed by atoms with van der Waals surface area (Å²) >= 11 is 0. The summed E-state index contributed by atoms with van der Waals surface area (Å²) in [5.74, 6) is -0.727. The summed E-state index contributed by atoms with van der Waals surface area (Å²) in [6, 6.07) is 6.72. The number of primary amides is 1. The summed E-state index contributed by atoms with van der Waals surface area (Å²) < 4.78 is 20.4. The second-order valence-corrected chi connectivity index (χ2v) is 8.93. The van der Waals surface area contributed by atoms with Crippen LogP contribution in [0.25, 0.3) is 11.3 Å². The fourth-order valence-corrected chi connectivity index (χ4v) is 3.51. The van der Waals surface area contributed by atoms with Gasteiger partial charge < -0.3 is 15.8 Å². The van der Waals surface area contributed by atoms with Gasteiger partial charge in [-0.3, -0.25) is 24.9 Å². The number of hydrogen-bond acceptors (Lipinski definition) is 9. The molecule has 3 aromatic heterocycles. The Morgan fingerprint density at radius 1 is 1.19 bits per heavy atom. The van der Waals surface area contributed by atoms with Gasteiger partial charge in [-0.15, -0.1) is 0 Å². The van der Waals surface area contributed by atoms with Crippen LogP contribution in [0.4, 0.5) is 21.7 Å². The zero-order valence-corrected chi connectivity index (χ0v) is 20.2. The first-order valence-electron chi connectivity index (χ1n) is 11.0. The number of anilines is 2. The molecule has 0 radical (unpaired) electrons. The maximum absolute atomic E-state index is 13.2. The molecule has 3 N–H and O–H groups in total. The van der Waals surface area contributed by atoms with E-state index in [0.717, 1.165) is 6.20 Å². The number of nitro benzene ring substituents is 1. The third-order valence-corrected chi connectivity index (χ3v) is 5.17. The molecule has 12 nitrogen and oxygen atoms in total. The van der Waals surface area contributed by atoms with Crippen molar-refractivity contribution in [1.82, 2.24) is 24.7 Å². The number of ether oxygens (including phenoxy) is 1. The average Bonchev–Trinajstić information content (AvgIpc) is 3.24. The zero-order chi connectivity index (χ0) is 26.7. The van der Waals surface area contributed by atoms with Crippen LogP contribution >= 0.6 is 0 Å². The molecule has 3 heterocycles. The summed E-state index contributed by atoms with van der Waals surface area (Å²) in [7, 11) is 0. The van der Waals surface area contributed by atoms with Crippen molar-refractivity contribution in [1.29, 1.82) is 0 Å². The molecule has 0 unspecified atom stereocenters. The number of aromatic nitrogens is 5. The normalized spacial score (nSPS) is 11.2. The number of nitrogens with two attached hydrogens (primary N) is 1. The molecule has 1 amide bonds. The van der Waals surface area contributed by atoms with Gasteiger partial charge in [-0.05, 0) is 45.0 Å². The highest BCUT2D eigenvalue weighted by atomic mass is 19.1. The molecule has 0 aliphatic rings. The Balaban J connectivity index is 1.82. The Bertz CT molecular complexity index is 1450. The number of hydrogen-bond donors (Lipinski definition) is 2. The van der Waals surface area contributed by atoms with Crippen molar-refractivity contribution in [2.45, 2.75) is 32.9 Å². The maximum Gasteiger partial charge on any atom is 0.310 e. The molecule has 0 bridgehead atoms. The number of nitrogens with one attached hydrogen (secondary N) is 1. The highest BCUT2D eigenvalue weighted by molar-refractivity contribution is 6.04. The number of nitrogens with zero attached hydrogens (tertiary/aromatic N) is 6. The largest absolute Gasteiger partial charge is 0.480 e. The van der Waals surface area contributed by atoms with Gasteiger partial charge in [0.2, 0.25) is 0 Å². The predicted molar refractivity (Wildman–Crippen MR) is 132 cm³/mol. The number of rotatable bonds is 8. The molecule has 0 fully saturated rings. The summed E-state index contributed by atoms with van der Waals surface area (Å²) in [6.45, 7) is 5.51. The van der Waals surface area contributed by atoms with Gasteiger partial charge >= 0.3 is 5.69 Å². The SMILES string of the molecule is CC(C)(C)n1nc(-c2ccc([N+](=O)[O-])c(OCc3ccc(F)cn3)c2)c(C(N)=O)c1Nc1cnccn1. The van der Waals surface area contributed by atoms with E-state index in [-0.39, 0.29) is 35.1 Å². The molecule has 0 saturated heterocycles. The van der Waals surface area contributed by atoms with Crippen molar-refractivity contribution in [3.8, 4) is 17.0 Å². The van der Waals surface area contributed by atoms with Gasteiger partial charge in [-0.2, -0.15) is 5.10 Å². The van der Waals surface area contributed by atoms with Crippen LogP contribution in [0.2, 0.25) is 0 Å². The van der Waals surface area contributed by atoms with Crippen molar-refractivity contribution in [2.75, 3.05) is 5.32 Å². The van der Waals surface area contributed by atoms with E-state index in [0.29, 0.717) is 17.1 Å². The lowest BCUT2D eigenvalue weighted by Crippen LogP contribution is -2.25. The third kappa shape index (κ3) is 5.50. The van der Waals surface area contributed by atoms with Crippen LogP contribution in [-0.4, -0.2) is 35.6 Å². The standard InChI is InChI=1S/C24H23FN8O4/c1-24(2,3)32-23(30-19-12-27-8-9-28-19)20(22(26)34)21(31-32)14-4-7-17(33(35)36)18(10-14)37-13-16-6-5-15(25)11-29-16/h4-12H,13H2,1-3H3,(H2,26,34)(H,28,30). The highest BCUT2D eigenvalue weighted by Gasteiger charge is 2.30. The minimum atomic E-state index is -0.770. The van der Waals surface area contributed by atoms with Crippen molar-refractivity contribution < 1.29 is 18.8 Å².